The molecule has 5 heteroatoms. The van der Waals surface area contributed by atoms with Gasteiger partial charge in [0.05, 0.1) is 12.1 Å². The molecule has 0 radical (unpaired) electrons. The van der Waals surface area contributed by atoms with E-state index in [2.05, 4.69) is 29.1 Å². The molecule has 19 heavy (non-hydrogen) atoms. The van der Waals surface area contributed by atoms with Crippen molar-refractivity contribution in [3.05, 3.63) is 29.5 Å². The van der Waals surface area contributed by atoms with E-state index in [1.807, 2.05) is 18.2 Å². The molecular formula is C14H18ClN3O. The molecular weight excluding hydrogens is 262 g/mol. The van der Waals surface area contributed by atoms with Gasteiger partial charge in [0.15, 0.2) is 0 Å². The van der Waals surface area contributed by atoms with Crippen LogP contribution in [0.4, 0.5) is 5.82 Å². The van der Waals surface area contributed by atoms with Crippen molar-refractivity contribution in [3.8, 4) is 0 Å². The van der Waals surface area contributed by atoms with Gasteiger partial charge in [-0.1, -0.05) is 25.4 Å². The van der Waals surface area contributed by atoms with Gasteiger partial charge in [0.2, 0.25) is 0 Å². The monoisotopic (exact) mass is 279 g/mol. The van der Waals surface area contributed by atoms with Gasteiger partial charge in [0.25, 0.3) is 0 Å². The van der Waals surface area contributed by atoms with Crippen LogP contribution in [-0.4, -0.2) is 29.7 Å². The van der Waals surface area contributed by atoms with Crippen LogP contribution in [0.3, 0.4) is 0 Å². The zero-order chi connectivity index (χ0) is 13.7. The van der Waals surface area contributed by atoms with Crippen LogP contribution >= 0.6 is 11.6 Å². The van der Waals surface area contributed by atoms with E-state index in [-0.39, 0.29) is 0 Å². The highest BCUT2D eigenvalue weighted by Crippen LogP contribution is 2.22. The molecule has 0 saturated heterocycles. The van der Waals surface area contributed by atoms with Crippen LogP contribution in [0, 0.1) is 5.92 Å². The number of aromatic nitrogens is 2. The van der Waals surface area contributed by atoms with E-state index in [0.717, 1.165) is 29.9 Å². The Kier molecular flexibility index (Phi) is 4.93. The van der Waals surface area contributed by atoms with Crippen molar-refractivity contribution in [1.82, 2.24) is 9.97 Å². The van der Waals surface area contributed by atoms with Gasteiger partial charge >= 0.3 is 0 Å². The van der Waals surface area contributed by atoms with Crippen molar-refractivity contribution in [2.45, 2.75) is 13.8 Å². The largest absolute Gasteiger partial charge is 0.379 e. The normalized spacial score (nSPS) is 11.2. The first-order chi connectivity index (χ1) is 9.16. The molecule has 1 heterocycles. The van der Waals surface area contributed by atoms with Crippen molar-refractivity contribution in [1.29, 1.82) is 0 Å². The fraction of sp³-hybridized carbons (Fsp3) is 0.429. The fourth-order valence-corrected chi connectivity index (χ4v) is 1.90. The minimum atomic E-state index is 0.557. The van der Waals surface area contributed by atoms with E-state index in [0.29, 0.717) is 17.5 Å². The minimum absolute atomic E-state index is 0.557. The fourth-order valence-electron chi connectivity index (χ4n) is 1.73. The Morgan fingerprint density at radius 1 is 1.32 bits per heavy atom. The number of rotatable bonds is 6. The van der Waals surface area contributed by atoms with Crippen molar-refractivity contribution in [3.63, 3.8) is 0 Å². The van der Waals surface area contributed by atoms with Crippen LogP contribution in [0.2, 0.25) is 5.02 Å². The minimum Gasteiger partial charge on any atom is -0.379 e. The molecule has 4 nitrogen and oxygen atoms in total. The van der Waals surface area contributed by atoms with Crippen LogP contribution in [-0.2, 0) is 4.74 Å². The number of benzene rings is 1. The highest BCUT2D eigenvalue weighted by Gasteiger charge is 2.03. The summed E-state index contributed by atoms with van der Waals surface area (Å²) in [4.78, 5) is 8.45. The third kappa shape index (κ3) is 4.04. The summed E-state index contributed by atoms with van der Waals surface area (Å²) in [6, 6.07) is 5.60. The number of nitrogens with zero attached hydrogens (tertiary/aromatic N) is 2. The van der Waals surface area contributed by atoms with Gasteiger partial charge in [-0.3, -0.25) is 0 Å². The molecule has 0 saturated carbocycles. The summed E-state index contributed by atoms with van der Waals surface area (Å²) < 4.78 is 5.52. The quantitative estimate of drug-likeness (QED) is 0.824. The molecule has 0 aliphatic rings. The van der Waals surface area contributed by atoms with Crippen molar-refractivity contribution >= 4 is 28.3 Å². The van der Waals surface area contributed by atoms with Gasteiger partial charge in [-0.05, 0) is 24.1 Å². The van der Waals surface area contributed by atoms with E-state index in [4.69, 9.17) is 16.3 Å². The molecule has 2 rings (SSSR count). The van der Waals surface area contributed by atoms with Gasteiger partial charge < -0.3 is 10.1 Å². The molecule has 2 aromatic rings. The topological polar surface area (TPSA) is 47.0 Å². The highest BCUT2D eigenvalue weighted by atomic mass is 35.5. The number of hydrogen-bond acceptors (Lipinski definition) is 4. The first kappa shape index (κ1) is 14.0. The summed E-state index contributed by atoms with van der Waals surface area (Å²) in [5.41, 5.74) is 0.841. The lowest BCUT2D eigenvalue weighted by Crippen LogP contribution is -2.13. The van der Waals surface area contributed by atoms with Crippen LogP contribution in [0.5, 0.6) is 0 Å². The van der Waals surface area contributed by atoms with Crippen molar-refractivity contribution in [2.24, 2.45) is 5.92 Å². The van der Waals surface area contributed by atoms with Crippen LogP contribution in [0.25, 0.3) is 10.9 Å². The molecule has 1 aromatic heterocycles. The lowest BCUT2D eigenvalue weighted by atomic mass is 10.2. The third-order valence-corrected chi connectivity index (χ3v) is 2.82. The SMILES string of the molecule is CC(C)COCCNc1ncnc2cc(Cl)ccc12. The van der Waals surface area contributed by atoms with Crippen LogP contribution in [0.15, 0.2) is 24.5 Å². The summed E-state index contributed by atoms with van der Waals surface area (Å²) in [5, 5.41) is 4.91. The Hall–Kier alpha value is -1.39. The number of hydrogen-bond donors (Lipinski definition) is 1. The molecule has 0 aliphatic heterocycles. The van der Waals surface area contributed by atoms with Crippen molar-refractivity contribution in [2.75, 3.05) is 25.1 Å². The standard InChI is InChI=1S/C14H18ClN3O/c1-10(2)8-19-6-5-16-14-12-4-3-11(15)7-13(12)17-9-18-14/h3-4,7,9-10H,5-6,8H2,1-2H3,(H,16,17,18). The number of fused-ring (bicyclic) bond motifs is 1. The second kappa shape index (κ2) is 6.68. The zero-order valence-corrected chi connectivity index (χ0v) is 11.9. The Bertz CT molecular complexity index is 545. The average Bonchev–Trinajstić information content (AvgIpc) is 2.37. The molecule has 0 bridgehead atoms. The summed E-state index contributed by atoms with van der Waals surface area (Å²) in [6.45, 7) is 6.44. The summed E-state index contributed by atoms with van der Waals surface area (Å²) >= 11 is 5.95. The molecule has 1 N–H and O–H groups in total. The van der Waals surface area contributed by atoms with E-state index in [1.165, 1.54) is 6.33 Å². The summed E-state index contributed by atoms with van der Waals surface area (Å²) in [6.07, 6.45) is 1.54. The number of nitrogens with one attached hydrogen (secondary N) is 1. The first-order valence-electron chi connectivity index (χ1n) is 6.38. The summed E-state index contributed by atoms with van der Waals surface area (Å²) in [7, 11) is 0. The van der Waals surface area contributed by atoms with Gasteiger partial charge in [0.1, 0.15) is 12.1 Å². The van der Waals surface area contributed by atoms with Gasteiger partial charge in [-0.2, -0.15) is 0 Å². The Morgan fingerprint density at radius 3 is 2.95 bits per heavy atom. The van der Waals surface area contributed by atoms with Crippen LogP contribution in [0.1, 0.15) is 13.8 Å². The molecule has 0 unspecified atom stereocenters. The lowest BCUT2D eigenvalue weighted by molar-refractivity contribution is 0.118. The second-order valence-corrected chi connectivity index (χ2v) is 5.22. The highest BCUT2D eigenvalue weighted by molar-refractivity contribution is 6.31. The smallest absolute Gasteiger partial charge is 0.137 e. The van der Waals surface area contributed by atoms with Crippen molar-refractivity contribution < 1.29 is 4.74 Å². The van der Waals surface area contributed by atoms with Crippen LogP contribution < -0.4 is 5.32 Å². The predicted octanol–water partition coefficient (Wildman–Crippen LogP) is 3.37. The first-order valence-corrected chi connectivity index (χ1v) is 6.76. The van der Waals surface area contributed by atoms with Gasteiger partial charge in [-0.15, -0.1) is 0 Å². The molecule has 0 aliphatic carbocycles. The Morgan fingerprint density at radius 2 is 2.16 bits per heavy atom. The maximum absolute atomic E-state index is 5.95. The maximum Gasteiger partial charge on any atom is 0.137 e. The Labute approximate surface area is 118 Å². The van der Waals surface area contributed by atoms with Gasteiger partial charge in [-0.25, -0.2) is 9.97 Å². The third-order valence-electron chi connectivity index (χ3n) is 2.59. The number of halogens is 1. The van der Waals surface area contributed by atoms with E-state index in [9.17, 15) is 0 Å². The predicted molar refractivity (Wildman–Crippen MR) is 78.7 cm³/mol. The molecule has 0 fully saturated rings. The van der Waals surface area contributed by atoms with E-state index >= 15 is 0 Å². The molecule has 0 atom stereocenters. The van der Waals surface area contributed by atoms with E-state index in [1.54, 1.807) is 0 Å². The molecule has 0 spiro atoms. The van der Waals surface area contributed by atoms with Gasteiger partial charge in [0, 0.05) is 23.6 Å². The summed E-state index contributed by atoms with van der Waals surface area (Å²) in [5.74, 6) is 1.37. The number of ether oxygens (including phenoxy) is 1. The van der Waals surface area contributed by atoms with E-state index < -0.39 is 0 Å². The lowest BCUT2D eigenvalue weighted by Gasteiger charge is -2.10. The second-order valence-electron chi connectivity index (χ2n) is 4.78. The number of anilines is 1. The average molecular weight is 280 g/mol. The molecule has 1 aromatic carbocycles. The zero-order valence-electron chi connectivity index (χ0n) is 11.2. The molecule has 0 amide bonds. The maximum atomic E-state index is 5.95. The Balaban J connectivity index is 1.97. The molecule has 102 valence electrons.